The molecule has 0 saturated heterocycles. The maximum absolute atomic E-state index is 6.09. The summed E-state index contributed by atoms with van der Waals surface area (Å²) in [7, 11) is 0. The van der Waals surface area contributed by atoms with Gasteiger partial charge in [0.05, 0.1) is 5.02 Å². The van der Waals surface area contributed by atoms with Gasteiger partial charge in [-0.25, -0.2) is 0 Å². The van der Waals surface area contributed by atoms with Crippen molar-refractivity contribution >= 4 is 46.4 Å². The van der Waals surface area contributed by atoms with E-state index in [1.54, 1.807) is 30.3 Å². The van der Waals surface area contributed by atoms with Crippen molar-refractivity contribution in [2.45, 2.75) is 0 Å². The van der Waals surface area contributed by atoms with Crippen LogP contribution in [-0.2, 0) is 0 Å². The van der Waals surface area contributed by atoms with E-state index >= 15 is 0 Å². The van der Waals surface area contributed by atoms with Gasteiger partial charge in [0.15, 0.2) is 0 Å². The van der Waals surface area contributed by atoms with Gasteiger partial charge in [-0.05, 0) is 24.3 Å². The first-order chi connectivity index (χ1) is 7.58. The van der Waals surface area contributed by atoms with Crippen LogP contribution >= 0.6 is 46.4 Å². The number of rotatable bonds is 1. The van der Waals surface area contributed by atoms with Crippen LogP contribution in [0.5, 0.6) is 0 Å². The average molecular weight is 291 g/mol. The SMILES string of the molecule is Clc1ccc(-c2cc(Cl)c[c]c2Cl)c(Cl)c1. The first-order valence-corrected chi connectivity index (χ1v) is 5.91. The molecule has 1 radical (unpaired) electrons. The van der Waals surface area contributed by atoms with Crippen molar-refractivity contribution in [3.63, 3.8) is 0 Å². The molecule has 16 heavy (non-hydrogen) atoms. The molecule has 0 atom stereocenters. The lowest BCUT2D eigenvalue weighted by Crippen LogP contribution is -1.82. The van der Waals surface area contributed by atoms with Crippen molar-refractivity contribution in [3.05, 3.63) is 56.5 Å². The second-order valence-corrected chi connectivity index (χ2v) is 4.83. The Labute approximate surface area is 114 Å². The molecule has 2 aromatic carbocycles. The second kappa shape index (κ2) is 4.85. The highest BCUT2D eigenvalue weighted by Gasteiger charge is 2.08. The molecular weight excluding hydrogens is 286 g/mol. The first kappa shape index (κ1) is 12.1. The van der Waals surface area contributed by atoms with Crippen LogP contribution in [0.2, 0.25) is 20.1 Å². The van der Waals surface area contributed by atoms with Gasteiger partial charge in [0, 0.05) is 32.3 Å². The quantitative estimate of drug-likeness (QED) is 0.626. The molecule has 0 bridgehead atoms. The van der Waals surface area contributed by atoms with E-state index in [1.807, 2.05) is 0 Å². The smallest absolute Gasteiger partial charge is 0.0564 e. The monoisotopic (exact) mass is 289 g/mol. The Kier molecular flexibility index (Phi) is 3.66. The summed E-state index contributed by atoms with van der Waals surface area (Å²) in [6, 6.07) is 11.4. The topological polar surface area (TPSA) is 0 Å². The van der Waals surface area contributed by atoms with E-state index in [4.69, 9.17) is 46.4 Å². The molecular formula is C12H5Cl4. The Balaban J connectivity index is 2.62. The summed E-state index contributed by atoms with van der Waals surface area (Å²) in [4.78, 5) is 0. The molecule has 4 heteroatoms. The molecule has 0 aromatic heterocycles. The molecule has 0 fully saturated rings. The molecule has 0 heterocycles. The number of halogens is 4. The summed E-state index contributed by atoms with van der Waals surface area (Å²) in [5.74, 6) is 0. The van der Waals surface area contributed by atoms with Crippen LogP contribution in [0.1, 0.15) is 0 Å². The van der Waals surface area contributed by atoms with Gasteiger partial charge in [0.1, 0.15) is 0 Å². The standard InChI is InChI=1S/C12H5Cl4/c13-7-2-4-11(15)10(5-7)9-3-1-8(14)6-12(9)16/h1-3,5-6H. The maximum Gasteiger partial charge on any atom is 0.0564 e. The zero-order valence-corrected chi connectivity index (χ0v) is 10.9. The molecule has 0 spiro atoms. The summed E-state index contributed by atoms with van der Waals surface area (Å²) in [5, 5.41) is 2.15. The minimum Gasteiger partial charge on any atom is -0.0843 e. The second-order valence-electron chi connectivity index (χ2n) is 3.17. The summed E-state index contributed by atoms with van der Waals surface area (Å²) < 4.78 is 0. The highest BCUT2D eigenvalue weighted by Crippen LogP contribution is 2.35. The van der Waals surface area contributed by atoms with E-state index in [2.05, 4.69) is 6.07 Å². The van der Waals surface area contributed by atoms with Gasteiger partial charge in [-0.1, -0.05) is 52.5 Å². The molecule has 0 saturated carbocycles. The van der Waals surface area contributed by atoms with Gasteiger partial charge < -0.3 is 0 Å². The van der Waals surface area contributed by atoms with Crippen LogP contribution in [0.3, 0.4) is 0 Å². The van der Waals surface area contributed by atoms with Crippen molar-refractivity contribution in [2.75, 3.05) is 0 Å². The van der Waals surface area contributed by atoms with Gasteiger partial charge in [0.25, 0.3) is 0 Å². The van der Waals surface area contributed by atoms with Gasteiger partial charge in [-0.3, -0.25) is 0 Å². The fraction of sp³-hybridized carbons (Fsp3) is 0. The lowest BCUT2D eigenvalue weighted by atomic mass is 10.1. The molecule has 0 N–H and O–H groups in total. The number of hydrogen-bond donors (Lipinski definition) is 0. The molecule has 81 valence electrons. The van der Waals surface area contributed by atoms with Crippen molar-refractivity contribution in [1.82, 2.24) is 0 Å². The molecule has 2 aromatic rings. The average Bonchev–Trinajstić information content (AvgIpc) is 2.22. The van der Waals surface area contributed by atoms with Crippen LogP contribution in [0, 0.1) is 6.07 Å². The van der Waals surface area contributed by atoms with Crippen LogP contribution in [0.4, 0.5) is 0 Å². The minimum atomic E-state index is 0.480. The lowest BCUT2D eigenvalue weighted by Gasteiger charge is -2.07. The minimum absolute atomic E-state index is 0.480. The fourth-order valence-corrected chi connectivity index (χ4v) is 2.24. The van der Waals surface area contributed by atoms with Gasteiger partial charge >= 0.3 is 0 Å². The van der Waals surface area contributed by atoms with E-state index in [0.29, 0.717) is 20.1 Å². The number of hydrogen-bond acceptors (Lipinski definition) is 0. The molecule has 0 aliphatic rings. The molecule has 0 nitrogen and oxygen atoms in total. The highest BCUT2D eigenvalue weighted by molar-refractivity contribution is 6.38. The normalized spacial score (nSPS) is 10.5. The van der Waals surface area contributed by atoms with E-state index in [0.717, 1.165) is 11.1 Å². The molecule has 0 aliphatic carbocycles. The van der Waals surface area contributed by atoms with Gasteiger partial charge in [-0.15, -0.1) is 0 Å². The Bertz CT molecular complexity index is 535. The summed E-state index contributed by atoms with van der Waals surface area (Å²) in [6.45, 7) is 0. The Morgan fingerprint density at radius 2 is 1.56 bits per heavy atom. The maximum atomic E-state index is 6.09. The van der Waals surface area contributed by atoms with Crippen molar-refractivity contribution in [3.8, 4) is 11.1 Å². The first-order valence-electron chi connectivity index (χ1n) is 4.40. The zero-order chi connectivity index (χ0) is 11.7. The predicted octanol–water partition coefficient (Wildman–Crippen LogP) is 5.77. The molecule has 0 unspecified atom stereocenters. The largest absolute Gasteiger partial charge is 0.0843 e. The van der Waals surface area contributed by atoms with Crippen molar-refractivity contribution in [1.29, 1.82) is 0 Å². The molecule has 0 amide bonds. The third kappa shape index (κ3) is 2.46. The van der Waals surface area contributed by atoms with Gasteiger partial charge in [-0.2, -0.15) is 0 Å². The Morgan fingerprint density at radius 1 is 0.812 bits per heavy atom. The lowest BCUT2D eigenvalue weighted by molar-refractivity contribution is 1.61. The third-order valence-electron chi connectivity index (χ3n) is 2.08. The van der Waals surface area contributed by atoms with Crippen LogP contribution in [-0.4, -0.2) is 0 Å². The van der Waals surface area contributed by atoms with Crippen LogP contribution < -0.4 is 0 Å². The summed E-state index contributed by atoms with van der Waals surface area (Å²) in [6.07, 6.45) is 0. The van der Waals surface area contributed by atoms with Crippen molar-refractivity contribution in [2.24, 2.45) is 0 Å². The Hall–Kier alpha value is -0.400. The summed E-state index contributed by atoms with van der Waals surface area (Å²) >= 11 is 23.8. The summed E-state index contributed by atoms with van der Waals surface area (Å²) in [5.41, 5.74) is 1.53. The fourth-order valence-electron chi connectivity index (χ4n) is 1.36. The van der Waals surface area contributed by atoms with Crippen molar-refractivity contribution < 1.29 is 0 Å². The van der Waals surface area contributed by atoms with Crippen LogP contribution in [0.15, 0.2) is 30.3 Å². The highest BCUT2D eigenvalue weighted by atomic mass is 35.5. The van der Waals surface area contributed by atoms with E-state index in [-0.39, 0.29) is 0 Å². The van der Waals surface area contributed by atoms with E-state index in [9.17, 15) is 0 Å². The molecule has 0 aliphatic heterocycles. The predicted molar refractivity (Wildman–Crippen MR) is 70.8 cm³/mol. The number of benzene rings is 2. The van der Waals surface area contributed by atoms with Crippen LogP contribution in [0.25, 0.3) is 11.1 Å². The van der Waals surface area contributed by atoms with Gasteiger partial charge in [0.2, 0.25) is 0 Å². The van der Waals surface area contributed by atoms with E-state index < -0.39 is 0 Å². The molecule has 2 rings (SSSR count). The van der Waals surface area contributed by atoms with E-state index in [1.165, 1.54) is 0 Å². The third-order valence-corrected chi connectivity index (χ3v) is 3.16. The Morgan fingerprint density at radius 3 is 2.25 bits per heavy atom. The zero-order valence-electron chi connectivity index (χ0n) is 7.90.